The Labute approximate surface area is 110 Å². The van der Waals surface area contributed by atoms with Crippen LogP contribution >= 0.6 is 23.1 Å². The normalized spacial score (nSPS) is 12.7. The average Bonchev–Trinajstić information content (AvgIpc) is 2.83. The summed E-state index contributed by atoms with van der Waals surface area (Å²) in [5, 5.41) is 21.7. The van der Waals surface area contributed by atoms with E-state index in [2.05, 4.69) is 4.98 Å². The van der Waals surface area contributed by atoms with E-state index in [1.165, 1.54) is 15.7 Å². The summed E-state index contributed by atoms with van der Waals surface area (Å²) in [6, 6.07) is 0. The van der Waals surface area contributed by atoms with Crippen molar-refractivity contribution in [2.24, 2.45) is 5.92 Å². The Morgan fingerprint density at radius 3 is 3.11 bits per heavy atom. The van der Waals surface area contributed by atoms with Gasteiger partial charge in [-0.3, -0.25) is 4.79 Å². The maximum absolute atomic E-state index is 11.0. The molecular weight excluding hydrogens is 278 g/mol. The van der Waals surface area contributed by atoms with Gasteiger partial charge >= 0.3 is 11.8 Å². The summed E-state index contributed by atoms with van der Waals surface area (Å²) < 4.78 is 1.40. The number of carboxylic acids is 1. The van der Waals surface area contributed by atoms with E-state index in [0.717, 1.165) is 11.8 Å². The van der Waals surface area contributed by atoms with Gasteiger partial charge in [0, 0.05) is 11.1 Å². The number of fused-ring (bicyclic) bond motifs is 1. The van der Waals surface area contributed by atoms with Gasteiger partial charge in [0.05, 0.1) is 5.92 Å². The molecule has 1 unspecified atom stereocenters. The van der Waals surface area contributed by atoms with Crippen LogP contribution in [0, 0.1) is 16.0 Å². The van der Waals surface area contributed by atoms with Crippen LogP contribution < -0.4 is 0 Å². The molecule has 0 aromatic carbocycles. The molecule has 2 aromatic heterocycles. The van der Waals surface area contributed by atoms with Gasteiger partial charge < -0.3 is 15.2 Å². The van der Waals surface area contributed by atoms with Gasteiger partial charge in [-0.05, 0) is 4.92 Å². The number of hydrogen-bond donors (Lipinski definition) is 1. The van der Waals surface area contributed by atoms with E-state index in [-0.39, 0.29) is 16.6 Å². The summed E-state index contributed by atoms with van der Waals surface area (Å²) in [4.78, 5) is 25.9. The Morgan fingerprint density at radius 2 is 2.50 bits per heavy atom. The summed E-state index contributed by atoms with van der Waals surface area (Å²) in [5.74, 6) is -1.35. The van der Waals surface area contributed by atoms with Crippen molar-refractivity contribution >= 4 is 39.8 Å². The Balaban J connectivity index is 2.27. The fraction of sp³-hybridized carbons (Fsp3) is 0.333. The van der Waals surface area contributed by atoms with Gasteiger partial charge in [-0.1, -0.05) is 30.0 Å². The molecule has 0 saturated heterocycles. The SMILES string of the molecule is CC(CSc1nc2sccn2c1[N+](=O)[O-])C(=O)O. The minimum Gasteiger partial charge on any atom is -0.481 e. The molecule has 0 spiro atoms. The predicted octanol–water partition coefficient (Wildman–Crippen LogP) is 2.12. The zero-order valence-electron chi connectivity index (χ0n) is 9.27. The lowest BCUT2D eigenvalue weighted by Gasteiger charge is -2.03. The molecule has 0 bridgehead atoms. The van der Waals surface area contributed by atoms with E-state index in [9.17, 15) is 14.9 Å². The Bertz CT molecular complexity index is 606. The quantitative estimate of drug-likeness (QED) is 0.514. The zero-order chi connectivity index (χ0) is 13.3. The average molecular weight is 287 g/mol. The minimum atomic E-state index is -0.925. The molecule has 2 heterocycles. The highest BCUT2D eigenvalue weighted by molar-refractivity contribution is 7.99. The molecule has 1 atom stereocenters. The molecule has 1 N–H and O–H groups in total. The molecule has 2 aromatic rings. The number of nitrogens with zero attached hydrogens (tertiary/aromatic N) is 3. The van der Waals surface area contributed by atoms with Crippen LogP contribution in [0.1, 0.15) is 6.92 Å². The number of imidazole rings is 1. The molecule has 0 aliphatic heterocycles. The Hall–Kier alpha value is -1.61. The highest BCUT2D eigenvalue weighted by Crippen LogP contribution is 2.32. The van der Waals surface area contributed by atoms with Crippen LogP contribution in [0.3, 0.4) is 0 Å². The molecule has 2 rings (SSSR count). The van der Waals surface area contributed by atoms with Crippen molar-refractivity contribution in [1.29, 1.82) is 0 Å². The fourth-order valence-corrected chi connectivity index (χ4v) is 3.06. The monoisotopic (exact) mass is 287 g/mol. The van der Waals surface area contributed by atoms with E-state index in [0.29, 0.717) is 4.96 Å². The van der Waals surface area contributed by atoms with Crippen LogP contribution in [-0.2, 0) is 4.79 Å². The number of hydrogen-bond acceptors (Lipinski definition) is 6. The molecule has 9 heteroatoms. The van der Waals surface area contributed by atoms with Crippen LogP contribution in [0.5, 0.6) is 0 Å². The van der Waals surface area contributed by atoms with Gasteiger partial charge in [-0.2, -0.15) is 9.38 Å². The van der Waals surface area contributed by atoms with Crippen LogP contribution in [0.2, 0.25) is 0 Å². The highest BCUT2D eigenvalue weighted by Gasteiger charge is 2.25. The Kier molecular flexibility index (Phi) is 3.53. The number of nitro groups is 1. The predicted molar refractivity (Wildman–Crippen MR) is 67.2 cm³/mol. The van der Waals surface area contributed by atoms with Gasteiger partial charge in [0.1, 0.15) is 6.20 Å². The maximum Gasteiger partial charge on any atom is 0.362 e. The lowest BCUT2D eigenvalue weighted by atomic mass is 10.2. The second-order valence-electron chi connectivity index (χ2n) is 3.60. The van der Waals surface area contributed by atoms with Crippen LogP contribution in [0.4, 0.5) is 5.82 Å². The zero-order valence-corrected chi connectivity index (χ0v) is 10.9. The van der Waals surface area contributed by atoms with Crippen LogP contribution in [0.15, 0.2) is 16.6 Å². The van der Waals surface area contributed by atoms with Gasteiger partial charge in [-0.15, -0.1) is 0 Å². The van der Waals surface area contributed by atoms with Crippen LogP contribution in [0.25, 0.3) is 4.96 Å². The van der Waals surface area contributed by atoms with E-state index in [1.807, 2.05) is 0 Å². The summed E-state index contributed by atoms with van der Waals surface area (Å²) in [7, 11) is 0. The molecule has 0 saturated carbocycles. The molecule has 0 amide bonds. The highest BCUT2D eigenvalue weighted by atomic mass is 32.2. The van der Waals surface area contributed by atoms with E-state index >= 15 is 0 Å². The number of aliphatic carboxylic acids is 1. The third-order valence-electron chi connectivity index (χ3n) is 2.27. The molecule has 0 aliphatic rings. The van der Waals surface area contributed by atoms with E-state index in [4.69, 9.17) is 5.11 Å². The first-order chi connectivity index (χ1) is 8.50. The lowest BCUT2D eigenvalue weighted by Crippen LogP contribution is -2.11. The van der Waals surface area contributed by atoms with E-state index in [1.54, 1.807) is 18.5 Å². The number of carboxylic acid groups (broad SMARTS) is 1. The summed E-state index contributed by atoms with van der Waals surface area (Å²) in [6.45, 7) is 1.56. The smallest absolute Gasteiger partial charge is 0.362 e. The fourth-order valence-electron chi connectivity index (χ4n) is 1.29. The number of rotatable bonds is 5. The minimum absolute atomic E-state index is 0.103. The molecule has 18 heavy (non-hydrogen) atoms. The summed E-state index contributed by atoms with van der Waals surface area (Å²) in [5.41, 5.74) is 0. The molecule has 7 nitrogen and oxygen atoms in total. The van der Waals surface area contributed by atoms with Crippen molar-refractivity contribution in [2.45, 2.75) is 11.9 Å². The van der Waals surface area contributed by atoms with Crippen molar-refractivity contribution in [3.63, 3.8) is 0 Å². The number of thiazole rings is 1. The van der Waals surface area contributed by atoms with Gasteiger partial charge in [0.15, 0.2) is 5.03 Å². The maximum atomic E-state index is 11.0. The van der Waals surface area contributed by atoms with Crippen molar-refractivity contribution in [3.8, 4) is 0 Å². The second-order valence-corrected chi connectivity index (χ2v) is 5.49. The number of thioether (sulfide) groups is 1. The number of aromatic nitrogens is 2. The standard InChI is InChI=1S/C9H9N3O4S2/c1-5(8(13)14)4-18-6-7(12(15)16)11-2-3-17-9(11)10-6/h2-3,5H,4H2,1H3,(H,13,14). The molecule has 0 fully saturated rings. The van der Waals surface area contributed by atoms with Crippen molar-refractivity contribution in [2.75, 3.05) is 5.75 Å². The summed E-state index contributed by atoms with van der Waals surface area (Å²) >= 11 is 2.39. The molecule has 0 aliphatic carbocycles. The van der Waals surface area contributed by atoms with Crippen molar-refractivity contribution in [3.05, 3.63) is 21.7 Å². The van der Waals surface area contributed by atoms with Crippen molar-refractivity contribution in [1.82, 2.24) is 9.38 Å². The lowest BCUT2D eigenvalue weighted by molar-refractivity contribution is -0.393. The van der Waals surface area contributed by atoms with Gasteiger partial charge in [0.2, 0.25) is 0 Å². The largest absolute Gasteiger partial charge is 0.481 e. The molecule has 96 valence electrons. The molecule has 0 radical (unpaired) electrons. The molecular formula is C9H9N3O4S2. The van der Waals surface area contributed by atoms with Gasteiger partial charge in [-0.25, -0.2) is 0 Å². The van der Waals surface area contributed by atoms with Gasteiger partial charge in [0.25, 0.3) is 4.96 Å². The van der Waals surface area contributed by atoms with E-state index < -0.39 is 16.8 Å². The van der Waals surface area contributed by atoms with Crippen molar-refractivity contribution < 1.29 is 14.8 Å². The number of carbonyl (C=O) groups is 1. The first-order valence-corrected chi connectivity index (χ1v) is 6.82. The van der Waals surface area contributed by atoms with Crippen LogP contribution in [-0.4, -0.2) is 31.1 Å². The first-order valence-electron chi connectivity index (χ1n) is 4.96. The second kappa shape index (κ2) is 4.94. The third kappa shape index (κ3) is 2.31. The summed E-state index contributed by atoms with van der Waals surface area (Å²) in [6.07, 6.45) is 1.58. The first kappa shape index (κ1) is 12.8. The third-order valence-corrected chi connectivity index (χ3v) is 4.24. The topological polar surface area (TPSA) is 97.7 Å². The Morgan fingerprint density at radius 1 is 1.78 bits per heavy atom.